The van der Waals surface area contributed by atoms with E-state index in [-0.39, 0.29) is 0 Å². The van der Waals surface area contributed by atoms with E-state index in [0.29, 0.717) is 5.41 Å². The molecule has 0 aliphatic heterocycles. The molecule has 0 atom stereocenters. The van der Waals surface area contributed by atoms with Crippen LogP contribution in [0, 0.1) is 5.41 Å². The van der Waals surface area contributed by atoms with Crippen LogP contribution in [0.25, 0.3) is 10.2 Å². The Morgan fingerprint density at radius 1 is 1.24 bits per heavy atom. The maximum atomic E-state index is 4.68. The molecule has 1 aliphatic carbocycles. The number of hydrogen-bond donors (Lipinski definition) is 2. The number of fused-ring (bicyclic) bond motifs is 1. The fraction of sp³-hybridized carbons (Fsp3) is 0.625. The summed E-state index contributed by atoms with van der Waals surface area (Å²) in [4.78, 5) is 10.3. The Kier molecular flexibility index (Phi) is 4.29. The molecule has 0 bridgehead atoms. The highest BCUT2D eigenvalue weighted by molar-refractivity contribution is 7.16. The van der Waals surface area contributed by atoms with Crippen LogP contribution in [0.2, 0.25) is 0 Å². The quantitative estimate of drug-likeness (QED) is 0.790. The van der Waals surface area contributed by atoms with E-state index in [1.807, 2.05) is 0 Å². The second kappa shape index (κ2) is 6.18. The van der Waals surface area contributed by atoms with Gasteiger partial charge in [-0.1, -0.05) is 20.3 Å². The van der Waals surface area contributed by atoms with E-state index in [4.69, 9.17) is 0 Å². The van der Waals surface area contributed by atoms with E-state index >= 15 is 0 Å². The maximum absolute atomic E-state index is 4.68. The molecule has 4 nitrogen and oxygen atoms in total. The normalized spacial score (nSPS) is 16.7. The lowest BCUT2D eigenvalue weighted by atomic mass is 9.67. The van der Waals surface area contributed by atoms with Gasteiger partial charge in [0.15, 0.2) is 0 Å². The van der Waals surface area contributed by atoms with Gasteiger partial charge in [0.1, 0.15) is 10.6 Å². The Morgan fingerprint density at radius 2 is 2.10 bits per heavy atom. The van der Waals surface area contributed by atoms with E-state index in [2.05, 4.69) is 45.9 Å². The summed E-state index contributed by atoms with van der Waals surface area (Å²) in [6.07, 6.45) is 6.38. The highest BCUT2D eigenvalue weighted by Crippen LogP contribution is 2.44. The molecule has 2 aromatic rings. The number of nitrogens with zero attached hydrogens (tertiary/aromatic N) is 2. The van der Waals surface area contributed by atoms with Crippen molar-refractivity contribution in [3.63, 3.8) is 0 Å². The first-order valence-electron chi connectivity index (χ1n) is 7.99. The first-order valence-corrected chi connectivity index (χ1v) is 8.87. The van der Waals surface area contributed by atoms with Gasteiger partial charge in [-0.25, -0.2) is 4.98 Å². The summed E-state index contributed by atoms with van der Waals surface area (Å²) in [6.45, 7) is 6.39. The molecule has 0 spiro atoms. The summed E-state index contributed by atoms with van der Waals surface area (Å²) < 4.78 is 0. The molecule has 0 aromatic carbocycles. The van der Waals surface area contributed by atoms with E-state index in [9.17, 15) is 0 Å². The first kappa shape index (κ1) is 14.6. The Bertz CT molecular complexity index is 598. The van der Waals surface area contributed by atoms with Crippen LogP contribution in [0.4, 0.5) is 11.8 Å². The van der Waals surface area contributed by atoms with Crippen LogP contribution in [0.15, 0.2) is 11.4 Å². The first-order chi connectivity index (χ1) is 10.3. The second-order valence-corrected chi connectivity index (χ2v) is 6.92. The standard InChI is InChI=1S/C16H24N4S/c1-3-9-17-15-19-13(12-6-10-21-14(12)20-15)18-11-16(4-2)7-5-8-16/h6,10H,3-5,7-9,11H2,1-2H3,(H2,17,18,19,20). The molecule has 0 amide bonds. The predicted molar refractivity (Wildman–Crippen MR) is 91.3 cm³/mol. The number of nitrogens with one attached hydrogen (secondary N) is 2. The summed E-state index contributed by atoms with van der Waals surface area (Å²) in [6, 6.07) is 2.12. The van der Waals surface area contributed by atoms with Crippen molar-refractivity contribution in [3.05, 3.63) is 11.4 Å². The van der Waals surface area contributed by atoms with Crippen LogP contribution in [0.3, 0.4) is 0 Å². The van der Waals surface area contributed by atoms with Gasteiger partial charge in [-0.05, 0) is 42.5 Å². The molecule has 0 unspecified atom stereocenters. The molecule has 2 heterocycles. The zero-order valence-corrected chi connectivity index (χ0v) is 13.7. The molecule has 1 saturated carbocycles. The average Bonchev–Trinajstić information content (AvgIpc) is 2.92. The molecule has 21 heavy (non-hydrogen) atoms. The average molecular weight is 304 g/mol. The van der Waals surface area contributed by atoms with Gasteiger partial charge in [-0.3, -0.25) is 0 Å². The van der Waals surface area contributed by atoms with Crippen molar-refractivity contribution in [3.8, 4) is 0 Å². The number of hydrogen-bond acceptors (Lipinski definition) is 5. The van der Waals surface area contributed by atoms with Crippen LogP contribution in [0.1, 0.15) is 46.0 Å². The number of anilines is 2. The van der Waals surface area contributed by atoms with Gasteiger partial charge < -0.3 is 10.6 Å². The van der Waals surface area contributed by atoms with Gasteiger partial charge in [0.25, 0.3) is 0 Å². The largest absolute Gasteiger partial charge is 0.369 e. The minimum absolute atomic E-state index is 0.490. The van der Waals surface area contributed by atoms with Crippen molar-refractivity contribution >= 4 is 33.3 Å². The smallest absolute Gasteiger partial charge is 0.226 e. The van der Waals surface area contributed by atoms with Gasteiger partial charge in [-0.2, -0.15) is 4.98 Å². The highest BCUT2D eigenvalue weighted by Gasteiger charge is 2.34. The lowest BCUT2D eigenvalue weighted by Gasteiger charge is -2.41. The van der Waals surface area contributed by atoms with E-state index in [0.717, 1.165) is 41.5 Å². The number of aromatic nitrogens is 2. The summed E-state index contributed by atoms with van der Waals surface area (Å²) in [7, 11) is 0. The summed E-state index contributed by atoms with van der Waals surface area (Å²) in [5.74, 6) is 1.73. The number of thiophene rings is 1. The van der Waals surface area contributed by atoms with E-state index in [1.165, 1.54) is 25.7 Å². The van der Waals surface area contributed by atoms with E-state index < -0.39 is 0 Å². The molecule has 0 saturated heterocycles. The van der Waals surface area contributed by atoms with Crippen LogP contribution in [-0.4, -0.2) is 23.1 Å². The molecule has 2 aromatic heterocycles. The molecular formula is C16H24N4S. The highest BCUT2D eigenvalue weighted by atomic mass is 32.1. The molecule has 5 heteroatoms. The Hall–Kier alpha value is -1.36. The molecule has 3 rings (SSSR count). The van der Waals surface area contributed by atoms with Crippen LogP contribution in [0.5, 0.6) is 0 Å². The van der Waals surface area contributed by atoms with Crippen molar-refractivity contribution in [2.24, 2.45) is 5.41 Å². The fourth-order valence-electron chi connectivity index (χ4n) is 2.91. The zero-order chi connectivity index (χ0) is 14.7. The topological polar surface area (TPSA) is 49.8 Å². The van der Waals surface area contributed by atoms with Crippen molar-refractivity contribution in [2.45, 2.75) is 46.0 Å². The van der Waals surface area contributed by atoms with Crippen LogP contribution in [-0.2, 0) is 0 Å². The molecule has 0 radical (unpaired) electrons. The molecular weight excluding hydrogens is 280 g/mol. The lowest BCUT2D eigenvalue weighted by molar-refractivity contribution is 0.145. The lowest BCUT2D eigenvalue weighted by Crippen LogP contribution is -2.36. The third-order valence-corrected chi connectivity index (χ3v) is 5.46. The van der Waals surface area contributed by atoms with Crippen molar-refractivity contribution in [1.29, 1.82) is 0 Å². The van der Waals surface area contributed by atoms with Gasteiger partial charge in [0, 0.05) is 13.1 Å². The minimum Gasteiger partial charge on any atom is -0.369 e. The third-order valence-electron chi connectivity index (χ3n) is 4.65. The van der Waals surface area contributed by atoms with Gasteiger partial charge in [0.2, 0.25) is 5.95 Å². The SMILES string of the molecule is CCCNc1nc(NCC2(CC)CCC2)c2ccsc2n1. The third kappa shape index (κ3) is 2.98. The van der Waals surface area contributed by atoms with Crippen molar-refractivity contribution in [2.75, 3.05) is 23.7 Å². The molecule has 1 fully saturated rings. The second-order valence-electron chi connectivity index (χ2n) is 6.02. The van der Waals surface area contributed by atoms with Gasteiger partial charge >= 0.3 is 0 Å². The van der Waals surface area contributed by atoms with Gasteiger partial charge in [-0.15, -0.1) is 11.3 Å². The summed E-state index contributed by atoms with van der Waals surface area (Å²) in [5.41, 5.74) is 0.490. The minimum atomic E-state index is 0.490. The molecule has 1 aliphatic rings. The van der Waals surface area contributed by atoms with Crippen LogP contribution >= 0.6 is 11.3 Å². The predicted octanol–water partition coefficient (Wildman–Crippen LogP) is 4.51. The van der Waals surface area contributed by atoms with E-state index in [1.54, 1.807) is 11.3 Å². The molecule has 114 valence electrons. The Balaban J connectivity index is 1.80. The fourth-order valence-corrected chi connectivity index (χ4v) is 3.67. The van der Waals surface area contributed by atoms with Gasteiger partial charge in [0.05, 0.1) is 5.39 Å². The summed E-state index contributed by atoms with van der Waals surface area (Å²) in [5, 5.41) is 10.1. The monoisotopic (exact) mass is 304 g/mol. The van der Waals surface area contributed by atoms with Crippen molar-refractivity contribution in [1.82, 2.24) is 9.97 Å². The van der Waals surface area contributed by atoms with Crippen LogP contribution < -0.4 is 10.6 Å². The Morgan fingerprint density at radius 3 is 2.76 bits per heavy atom. The maximum Gasteiger partial charge on any atom is 0.226 e. The Labute approximate surface area is 130 Å². The molecule has 2 N–H and O–H groups in total. The zero-order valence-electron chi connectivity index (χ0n) is 12.9. The summed E-state index contributed by atoms with van der Waals surface area (Å²) >= 11 is 1.68. The number of rotatable bonds is 7. The van der Waals surface area contributed by atoms with Crippen molar-refractivity contribution < 1.29 is 0 Å².